The summed E-state index contributed by atoms with van der Waals surface area (Å²) in [4.78, 5) is 101. The number of hydrogen-bond donors (Lipinski definition) is 6. The molecule has 1 saturated carbocycles. The van der Waals surface area contributed by atoms with Gasteiger partial charge in [-0.2, -0.15) is 0 Å². The molecule has 1 aliphatic carbocycles. The van der Waals surface area contributed by atoms with Crippen LogP contribution in [-0.2, 0) is 60.8 Å². The van der Waals surface area contributed by atoms with E-state index in [4.69, 9.17) is 18.9 Å². The van der Waals surface area contributed by atoms with Crippen LogP contribution in [0, 0.1) is 31.1 Å². The molecular weight excluding hydrogens is 1150 g/mol. The Kier molecular flexibility index (Phi) is 26.7. The molecule has 2 aromatic carbocycles. The minimum Gasteiger partial charge on any atom is -0.390 e. The average molecular weight is 1240 g/mol. The van der Waals surface area contributed by atoms with Crippen molar-refractivity contribution < 1.29 is 57.6 Å². The van der Waals surface area contributed by atoms with Gasteiger partial charge in [0.15, 0.2) is 0 Å². The summed E-state index contributed by atoms with van der Waals surface area (Å²) in [6.45, 7) is 15.7. The topological polar surface area (TPSA) is 261 Å². The van der Waals surface area contributed by atoms with Crippen LogP contribution >= 0.6 is 22.7 Å². The number of amides is 7. The molecule has 0 unspecified atom stereocenters. The predicted octanol–water partition coefficient (Wildman–Crippen LogP) is 6.70. The van der Waals surface area contributed by atoms with Crippen molar-refractivity contribution >= 4 is 79.9 Å². The maximum atomic E-state index is 13.7. The zero-order chi connectivity index (χ0) is 62.3. The minimum atomic E-state index is -1.04. The van der Waals surface area contributed by atoms with Crippen molar-refractivity contribution in [3.8, 4) is 10.4 Å². The molecule has 0 radical (unpaired) electrons. The van der Waals surface area contributed by atoms with Crippen molar-refractivity contribution in [2.24, 2.45) is 17.3 Å². The number of nitrogens with one attached hydrogen (secondary N) is 5. The zero-order valence-corrected chi connectivity index (χ0v) is 53.0. The maximum absolute atomic E-state index is 13.7. The predicted molar refractivity (Wildman–Crippen MR) is 336 cm³/mol. The van der Waals surface area contributed by atoms with Gasteiger partial charge in [0, 0.05) is 69.8 Å². The number of rotatable bonds is 34. The third-order valence-corrected chi connectivity index (χ3v) is 17.6. The van der Waals surface area contributed by atoms with Crippen LogP contribution in [0.15, 0.2) is 71.6 Å². The van der Waals surface area contributed by atoms with Gasteiger partial charge in [-0.25, -0.2) is 4.98 Å². The fourth-order valence-electron chi connectivity index (χ4n) is 10.8. The lowest BCUT2D eigenvalue weighted by Crippen LogP contribution is -2.54. The van der Waals surface area contributed by atoms with Crippen LogP contribution in [0.2, 0.25) is 0 Å². The number of thiophene rings is 1. The lowest BCUT2D eigenvalue weighted by Gasteiger charge is -2.33. The van der Waals surface area contributed by atoms with Crippen LogP contribution in [0.3, 0.4) is 0 Å². The number of aliphatic hydroxyl groups is 1. The van der Waals surface area contributed by atoms with E-state index in [9.17, 15) is 38.7 Å². The molecule has 23 heteroatoms. The van der Waals surface area contributed by atoms with Crippen molar-refractivity contribution in [2.75, 3.05) is 90.5 Å². The zero-order valence-electron chi connectivity index (χ0n) is 51.3. The van der Waals surface area contributed by atoms with Crippen LogP contribution < -0.4 is 31.5 Å². The third kappa shape index (κ3) is 20.8. The molecule has 21 nitrogen and oxygen atoms in total. The van der Waals surface area contributed by atoms with Crippen LogP contribution in [0.4, 0.5) is 5.69 Å². The first-order valence-corrected chi connectivity index (χ1v) is 32.3. The van der Waals surface area contributed by atoms with Crippen molar-refractivity contribution in [3.63, 3.8) is 0 Å². The molecule has 2 fully saturated rings. The fraction of sp³-hybridized carbons (Fsp3) is 0.562. The molecule has 4 heterocycles. The summed E-state index contributed by atoms with van der Waals surface area (Å²) in [5.74, 6) is -2.31. The molecule has 1 aliphatic heterocycles. The number of benzene rings is 2. The number of thiazole rings is 1. The molecule has 0 bridgehead atoms. The van der Waals surface area contributed by atoms with Gasteiger partial charge in [-0.05, 0) is 111 Å². The maximum Gasteiger partial charge on any atom is 0.268 e. The standard InChI is InChI=1S/C64H89N9O12S2/c1-7-72(49-13-11-12-43(2)36-49)57(77)41-73-51-24-35-86-54(51)37-52(73)62(80)69-48-21-19-47(20-22-48)60(78)66-25-10-8-9-14-55(75)65-26-28-83-30-32-85-34-33-84-31-29-82-27-23-56(76)70-59(64(4,5)6)63(81)71-39-50(53(74)40-71)61(79)67-38-45-15-17-46(18-16-45)58-44(3)68-42-87-58/h11-13,15-18,24,35-37,42,47-48,50,53,59,74H,7-10,14,19-23,25-34,38-41H2,1-6H3,(H,65,75)(H,66,78)(H,67,79)(H,69,80)(H,70,76)/t47?,48?,50-,53-,59+/m1/s1. The first kappa shape index (κ1) is 67.9. The number of hydrogen-bond acceptors (Lipinski definition) is 15. The summed E-state index contributed by atoms with van der Waals surface area (Å²) in [5.41, 5.74) is 7.30. The molecule has 2 aliphatic rings. The first-order valence-electron chi connectivity index (χ1n) is 30.5. The minimum absolute atomic E-state index is 0.0151. The number of aromatic nitrogens is 2. The number of ether oxygens (including phenoxy) is 4. The van der Waals surface area contributed by atoms with Crippen molar-refractivity contribution in [1.82, 2.24) is 41.0 Å². The molecule has 3 atom stereocenters. The average Bonchev–Trinajstić information content (AvgIpc) is 2.19. The molecule has 474 valence electrons. The van der Waals surface area contributed by atoms with Gasteiger partial charge >= 0.3 is 0 Å². The normalized spacial score (nSPS) is 17.2. The molecule has 87 heavy (non-hydrogen) atoms. The van der Waals surface area contributed by atoms with Crippen LogP contribution in [0.25, 0.3) is 20.7 Å². The van der Waals surface area contributed by atoms with Gasteiger partial charge < -0.3 is 65.0 Å². The Morgan fingerprint density at radius 3 is 2.11 bits per heavy atom. The molecule has 7 rings (SSSR count). The Hall–Kier alpha value is -6.60. The number of nitrogens with zero attached hydrogens (tertiary/aromatic N) is 4. The van der Waals surface area contributed by atoms with E-state index < -0.39 is 23.5 Å². The van der Waals surface area contributed by atoms with Crippen LogP contribution in [0.1, 0.15) is 113 Å². The molecular formula is C64H89N9O12S2. The second kappa shape index (κ2) is 34.2. The quantitative estimate of drug-likeness (QED) is 0.0235. The third-order valence-electron chi connectivity index (χ3n) is 15.7. The molecule has 5 aromatic rings. The number of likely N-dealkylation sites (N-methyl/N-ethyl adjacent to an activating group) is 1. The van der Waals surface area contributed by atoms with Gasteiger partial charge in [0.1, 0.15) is 18.3 Å². The highest BCUT2D eigenvalue weighted by molar-refractivity contribution is 7.17. The van der Waals surface area contributed by atoms with Gasteiger partial charge in [-0.1, -0.05) is 63.6 Å². The molecule has 3 aromatic heterocycles. The van der Waals surface area contributed by atoms with Crippen molar-refractivity contribution in [1.29, 1.82) is 0 Å². The summed E-state index contributed by atoms with van der Waals surface area (Å²) >= 11 is 3.11. The Bertz CT molecular complexity index is 3040. The van der Waals surface area contributed by atoms with E-state index in [1.807, 2.05) is 118 Å². The summed E-state index contributed by atoms with van der Waals surface area (Å²) in [5, 5.41) is 27.7. The highest BCUT2D eigenvalue weighted by Gasteiger charge is 2.43. The van der Waals surface area contributed by atoms with Gasteiger partial charge in [0.05, 0.1) is 91.2 Å². The van der Waals surface area contributed by atoms with E-state index in [2.05, 4.69) is 31.6 Å². The Balaban J connectivity index is 0.640. The monoisotopic (exact) mass is 1240 g/mol. The van der Waals surface area contributed by atoms with E-state index in [0.29, 0.717) is 103 Å². The number of anilines is 1. The largest absolute Gasteiger partial charge is 0.390 e. The Labute approximate surface area is 519 Å². The second-order valence-corrected chi connectivity index (χ2v) is 25.2. The highest BCUT2D eigenvalue weighted by atomic mass is 32.1. The van der Waals surface area contributed by atoms with E-state index in [1.54, 1.807) is 16.2 Å². The number of carbonyl (C=O) groups excluding carboxylic acids is 7. The summed E-state index contributed by atoms with van der Waals surface area (Å²) in [6.07, 6.45) is 4.39. The lowest BCUT2D eigenvalue weighted by atomic mass is 9.85. The number of carbonyl (C=O) groups is 7. The summed E-state index contributed by atoms with van der Waals surface area (Å²) < 4.78 is 25.1. The summed E-state index contributed by atoms with van der Waals surface area (Å²) in [7, 11) is 0. The van der Waals surface area contributed by atoms with E-state index in [-0.39, 0.29) is 99.1 Å². The van der Waals surface area contributed by atoms with E-state index in [0.717, 1.165) is 56.0 Å². The summed E-state index contributed by atoms with van der Waals surface area (Å²) in [6, 6.07) is 18.6. The Morgan fingerprint density at radius 1 is 0.747 bits per heavy atom. The number of aliphatic hydroxyl groups excluding tert-OH is 1. The van der Waals surface area contributed by atoms with Gasteiger partial charge in [-0.3, -0.25) is 33.6 Å². The van der Waals surface area contributed by atoms with E-state index >= 15 is 0 Å². The lowest BCUT2D eigenvalue weighted by molar-refractivity contribution is -0.139. The molecule has 1 saturated heterocycles. The number of aryl methyl sites for hydroxylation is 2. The first-order chi connectivity index (χ1) is 41.9. The van der Waals surface area contributed by atoms with Crippen molar-refractivity contribution in [2.45, 2.75) is 131 Å². The number of unbranched alkanes of at least 4 members (excludes halogenated alkanes) is 2. The Morgan fingerprint density at radius 2 is 1.45 bits per heavy atom. The SMILES string of the molecule is CCN(C(=O)Cn1c(C(=O)NC2CCC(C(=O)NCCCCCC(=O)NCCOCCOCCOCCOCCC(=O)N[C@@H](C(=O)N3C[C@@H](O)[C@H](C(=O)NCc4ccc(-c5scnc5C)cc4)C3)C(C)(C)C)CC2)cc2sccc21)c1cccc(C)c1. The smallest absolute Gasteiger partial charge is 0.268 e. The number of fused-ring (bicyclic) bond motifs is 1. The van der Waals surface area contributed by atoms with Crippen molar-refractivity contribution in [3.05, 3.63) is 94.1 Å². The van der Waals surface area contributed by atoms with E-state index in [1.165, 1.54) is 16.2 Å². The molecule has 7 amide bonds. The highest BCUT2D eigenvalue weighted by Crippen LogP contribution is 2.31. The van der Waals surface area contributed by atoms with Gasteiger partial charge in [0.25, 0.3) is 5.91 Å². The number of β-amino-alcohol motifs (C(OH)–C–C–N with tert-alkyl or cyclic N) is 1. The number of likely N-dealkylation sites (tertiary alicyclic amines) is 1. The van der Waals surface area contributed by atoms with Gasteiger partial charge in [0.2, 0.25) is 35.4 Å². The molecule has 0 spiro atoms. The fourth-order valence-corrected chi connectivity index (χ4v) is 12.4. The second-order valence-electron chi connectivity index (χ2n) is 23.4. The van der Waals surface area contributed by atoms with Gasteiger partial charge in [-0.15, -0.1) is 22.7 Å². The van der Waals surface area contributed by atoms with Crippen LogP contribution in [-0.4, -0.2) is 165 Å². The van der Waals surface area contributed by atoms with Crippen LogP contribution in [0.5, 0.6) is 0 Å². The molecule has 6 N–H and O–H groups in total.